The van der Waals surface area contributed by atoms with Crippen molar-refractivity contribution in [2.45, 2.75) is 0 Å². The predicted octanol–water partition coefficient (Wildman–Crippen LogP) is 4.91. The van der Waals surface area contributed by atoms with Gasteiger partial charge in [0.05, 0.1) is 16.9 Å². The minimum absolute atomic E-state index is 0.0635. The molecule has 31 heavy (non-hydrogen) atoms. The minimum Gasteiger partial charge on any atom is -0.482 e. The molecular weight excluding hydrogens is 444 g/mol. The summed E-state index contributed by atoms with van der Waals surface area (Å²) in [4.78, 5) is 24.0. The fourth-order valence-corrected chi connectivity index (χ4v) is 2.90. The Kier molecular flexibility index (Phi) is 7.59. The van der Waals surface area contributed by atoms with Gasteiger partial charge in [-0.05, 0) is 54.1 Å². The van der Waals surface area contributed by atoms with E-state index in [0.717, 1.165) is 0 Å². The van der Waals surface area contributed by atoms with Crippen molar-refractivity contribution in [2.24, 2.45) is 5.10 Å². The predicted molar refractivity (Wildman–Crippen MR) is 118 cm³/mol. The van der Waals surface area contributed by atoms with Gasteiger partial charge in [0.1, 0.15) is 11.6 Å². The number of anilines is 1. The summed E-state index contributed by atoms with van der Waals surface area (Å²) in [5, 5.41) is 6.98. The van der Waals surface area contributed by atoms with Gasteiger partial charge < -0.3 is 10.1 Å². The first-order valence-corrected chi connectivity index (χ1v) is 9.73. The largest absolute Gasteiger partial charge is 0.482 e. The number of ether oxygens (including phenoxy) is 1. The number of para-hydroxylation sites is 1. The van der Waals surface area contributed by atoms with Crippen LogP contribution in [0.5, 0.6) is 5.75 Å². The summed E-state index contributed by atoms with van der Waals surface area (Å²) in [5.74, 6) is -1.22. The molecule has 0 fully saturated rings. The van der Waals surface area contributed by atoms with Crippen LogP contribution in [0.3, 0.4) is 0 Å². The summed E-state index contributed by atoms with van der Waals surface area (Å²) in [6, 6.07) is 17.0. The third-order valence-electron chi connectivity index (χ3n) is 3.93. The maximum atomic E-state index is 13.6. The van der Waals surface area contributed by atoms with E-state index >= 15 is 0 Å². The van der Waals surface area contributed by atoms with Crippen molar-refractivity contribution >= 4 is 46.9 Å². The molecule has 2 amide bonds. The lowest BCUT2D eigenvalue weighted by molar-refractivity contribution is -0.118. The van der Waals surface area contributed by atoms with E-state index in [1.165, 1.54) is 30.5 Å². The molecule has 0 bridgehead atoms. The van der Waals surface area contributed by atoms with Crippen LogP contribution in [-0.2, 0) is 4.79 Å². The Bertz CT molecular complexity index is 1140. The lowest BCUT2D eigenvalue weighted by Crippen LogP contribution is -2.20. The van der Waals surface area contributed by atoms with Crippen molar-refractivity contribution in [3.63, 3.8) is 0 Å². The number of nitrogens with zero attached hydrogens (tertiary/aromatic N) is 1. The number of nitrogens with one attached hydrogen (secondary N) is 2. The molecule has 0 saturated heterocycles. The maximum absolute atomic E-state index is 13.6. The van der Waals surface area contributed by atoms with E-state index in [1.54, 1.807) is 42.5 Å². The Morgan fingerprint density at radius 2 is 1.84 bits per heavy atom. The standard InChI is InChI=1S/C22H16Cl2FN3O3/c23-16-5-3-4-15(11-16)22(30)28-26-12-14-8-9-20(17(24)10-14)31-13-21(29)27-19-7-2-1-6-18(19)25/h1-12H,13H2,(H,27,29)(H,28,30)/b26-12-. The summed E-state index contributed by atoms with van der Waals surface area (Å²) >= 11 is 12.0. The van der Waals surface area contributed by atoms with Gasteiger partial charge in [-0.1, -0.05) is 41.4 Å². The van der Waals surface area contributed by atoms with Crippen LogP contribution in [0.15, 0.2) is 71.8 Å². The summed E-state index contributed by atoms with van der Waals surface area (Å²) in [6.07, 6.45) is 1.41. The molecule has 9 heteroatoms. The third-order valence-corrected chi connectivity index (χ3v) is 4.46. The molecule has 0 aromatic heterocycles. The highest BCUT2D eigenvalue weighted by molar-refractivity contribution is 6.32. The van der Waals surface area contributed by atoms with E-state index in [-0.39, 0.29) is 23.1 Å². The summed E-state index contributed by atoms with van der Waals surface area (Å²) in [7, 11) is 0. The molecule has 0 aliphatic heterocycles. The van der Waals surface area contributed by atoms with Crippen LogP contribution < -0.4 is 15.5 Å². The highest BCUT2D eigenvalue weighted by Crippen LogP contribution is 2.25. The van der Waals surface area contributed by atoms with Crippen LogP contribution in [0.1, 0.15) is 15.9 Å². The van der Waals surface area contributed by atoms with E-state index in [1.807, 2.05) is 0 Å². The van der Waals surface area contributed by atoms with Gasteiger partial charge in [-0.15, -0.1) is 0 Å². The van der Waals surface area contributed by atoms with Crippen molar-refractivity contribution in [3.8, 4) is 5.75 Å². The van der Waals surface area contributed by atoms with Crippen LogP contribution in [0, 0.1) is 5.82 Å². The van der Waals surface area contributed by atoms with Gasteiger partial charge in [0.25, 0.3) is 11.8 Å². The molecule has 2 N–H and O–H groups in total. The van der Waals surface area contributed by atoms with E-state index in [0.29, 0.717) is 16.1 Å². The number of carbonyl (C=O) groups excluding carboxylic acids is 2. The first-order valence-electron chi connectivity index (χ1n) is 8.98. The number of benzene rings is 3. The van der Waals surface area contributed by atoms with Crippen molar-refractivity contribution in [1.82, 2.24) is 5.43 Å². The normalized spacial score (nSPS) is 10.7. The molecule has 0 heterocycles. The molecule has 0 aliphatic carbocycles. The quantitative estimate of drug-likeness (QED) is 0.388. The number of hydrazone groups is 1. The number of carbonyl (C=O) groups is 2. The summed E-state index contributed by atoms with van der Waals surface area (Å²) in [6.45, 7) is -0.350. The maximum Gasteiger partial charge on any atom is 0.271 e. The monoisotopic (exact) mass is 459 g/mol. The summed E-state index contributed by atoms with van der Waals surface area (Å²) in [5.41, 5.74) is 3.43. The van der Waals surface area contributed by atoms with Crippen LogP contribution >= 0.6 is 23.2 Å². The van der Waals surface area contributed by atoms with Gasteiger partial charge in [0.15, 0.2) is 6.61 Å². The average Bonchev–Trinajstić information content (AvgIpc) is 2.74. The molecule has 3 rings (SSSR count). The zero-order valence-corrected chi connectivity index (χ0v) is 17.5. The lowest BCUT2D eigenvalue weighted by atomic mass is 10.2. The molecule has 0 unspecified atom stereocenters. The first kappa shape index (κ1) is 22.3. The highest BCUT2D eigenvalue weighted by Gasteiger charge is 2.09. The fraction of sp³-hybridized carbons (Fsp3) is 0.0455. The van der Waals surface area contributed by atoms with E-state index in [2.05, 4.69) is 15.8 Å². The fourth-order valence-electron chi connectivity index (χ4n) is 2.47. The SMILES string of the molecule is O=C(COc1ccc(/C=N\NC(=O)c2cccc(Cl)c2)cc1Cl)Nc1ccccc1F. The lowest BCUT2D eigenvalue weighted by Gasteiger charge is -2.09. The van der Waals surface area contributed by atoms with Crippen molar-refractivity contribution in [2.75, 3.05) is 11.9 Å². The first-order chi connectivity index (χ1) is 14.9. The number of rotatable bonds is 7. The molecule has 0 spiro atoms. The van der Waals surface area contributed by atoms with Crippen LogP contribution in [0.25, 0.3) is 0 Å². The number of amides is 2. The molecule has 3 aromatic carbocycles. The zero-order valence-electron chi connectivity index (χ0n) is 15.9. The zero-order chi connectivity index (χ0) is 22.2. The molecular formula is C22H16Cl2FN3O3. The van der Waals surface area contributed by atoms with Crippen molar-refractivity contribution in [3.05, 3.63) is 93.7 Å². The Balaban J connectivity index is 1.53. The smallest absolute Gasteiger partial charge is 0.271 e. The Morgan fingerprint density at radius 3 is 2.58 bits per heavy atom. The topological polar surface area (TPSA) is 79.8 Å². The molecule has 0 aliphatic rings. The Hall–Kier alpha value is -3.42. The minimum atomic E-state index is -0.542. The van der Waals surface area contributed by atoms with Gasteiger partial charge in [0, 0.05) is 10.6 Å². The second-order valence-corrected chi connectivity index (χ2v) is 7.06. The molecule has 0 atom stereocenters. The van der Waals surface area contributed by atoms with Crippen LogP contribution in [0.2, 0.25) is 10.0 Å². The molecule has 0 radical (unpaired) electrons. The molecule has 3 aromatic rings. The second-order valence-electron chi connectivity index (χ2n) is 6.22. The number of hydrogen-bond acceptors (Lipinski definition) is 4. The van der Waals surface area contributed by atoms with Gasteiger partial charge in [-0.2, -0.15) is 5.10 Å². The van der Waals surface area contributed by atoms with Gasteiger partial charge >= 0.3 is 0 Å². The van der Waals surface area contributed by atoms with Crippen LogP contribution in [-0.4, -0.2) is 24.6 Å². The molecule has 158 valence electrons. The van der Waals surface area contributed by atoms with Gasteiger partial charge in [0.2, 0.25) is 0 Å². The van der Waals surface area contributed by atoms with Gasteiger partial charge in [-0.3, -0.25) is 9.59 Å². The molecule has 6 nitrogen and oxygen atoms in total. The van der Waals surface area contributed by atoms with E-state index in [4.69, 9.17) is 27.9 Å². The number of halogens is 3. The van der Waals surface area contributed by atoms with Crippen LogP contribution in [0.4, 0.5) is 10.1 Å². The van der Waals surface area contributed by atoms with E-state index < -0.39 is 17.6 Å². The van der Waals surface area contributed by atoms with Gasteiger partial charge in [-0.25, -0.2) is 9.82 Å². The third kappa shape index (κ3) is 6.53. The molecule has 0 saturated carbocycles. The van der Waals surface area contributed by atoms with E-state index in [9.17, 15) is 14.0 Å². The average molecular weight is 460 g/mol. The number of hydrogen-bond donors (Lipinski definition) is 2. The Labute approximate surface area is 187 Å². The highest BCUT2D eigenvalue weighted by atomic mass is 35.5. The Morgan fingerprint density at radius 1 is 1.03 bits per heavy atom. The van der Waals surface area contributed by atoms with Crippen molar-refractivity contribution in [1.29, 1.82) is 0 Å². The van der Waals surface area contributed by atoms with Crippen molar-refractivity contribution < 1.29 is 18.7 Å². The summed E-state index contributed by atoms with van der Waals surface area (Å²) < 4.78 is 19.0. The second kappa shape index (κ2) is 10.6.